The smallest absolute Gasteiger partial charge is 0.186 e. The molecule has 1 fully saturated rings. The van der Waals surface area contributed by atoms with Crippen LogP contribution in [0.25, 0.3) is 10.2 Å². The second kappa shape index (κ2) is 4.79. The molecule has 1 aliphatic heterocycles. The number of nitrogens with zero attached hydrogens (tertiary/aromatic N) is 4. The molecule has 0 atom stereocenters. The SMILES string of the molecule is c1ccc2sc(N3CCN(c4cnc[nH]4)CC3)nc2c1. The maximum atomic E-state index is 4.73. The van der Waals surface area contributed by atoms with Crippen molar-refractivity contribution in [2.45, 2.75) is 0 Å². The van der Waals surface area contributed by atoms with Gasteiger partial charge in [0.05, 0.1) is 22.7 Å². The van der Waals surface area contributed by atoms with E-state index >= 15 is 0 Å². The van der Waals surface area contributed by atoms with Crippen LogP contribution in [0.5, 0.6) is 0 Å². The van der Waals surface area contributed by atoms with E-state index in [0.717, 1.165) is 42.6 Å². The van der Waals surface area contributed by atoms with Crippen molar-refractivity contribution in [3.05, 3.63) is 36.8 Å². The number of anilines is 2. The lowest BCUT2D eigenvalue weighted by Crippen LogP contribution is -2.46. The van der Waals surface area contributed by atoms with Crippen LogP contribution in [0.3, 0.4) is 0 Å². The Balaban J connectivity index is 1.51. The third-order valence-electron chi connectivity index (χ3n) is 3.66. The van der Waals surface area contributed by atoms with Crippen molar-refractivity contribution in [3.63, 3.8) is 0 Å². The van der Waals surface area contributed by atoms with E-state index in [-0.39, 0.29) is 0 Å². The molecule has 1 aromatic carbocycles. The highest BCUT2D eigenvalue weighted by Crippen LogP contribution is 2.29. The van der Waals surface area contributed by atoms with Gasteiger partial charge in [0.15, 0.2) is 5.13 Å². The average molecular weight is 285 g/mol. The standard InChI is InChI=1S/C14H15N5S/c1-2-4-12-11(3-1)17-14(20-12)19-7-5-18(6-8-19)13-9-15-10-16-13/h1-4,9-10H,5-8H2,(H,15,16). The largest absolute Gasteiger partial charge is 0.353 e. The van der Waals surface area contributed by atoms with Gasteiger partial charge in [-0.15, -0.1) is 0 Å². The zero-order valence-electron chi connectivity index (χ0n) is 11.0. The molecule has 0 spiro atoms. The lowest BCUT2D eigenvalue weighted by atomic mass is 10.3. The Hall–Kier alpha value is -2.08. The van der Waals surface area contributed by atoms with E-state index in [0.29, 0.717) is 0 Å². The molecular weight excluding hydrogens is 270 g/mol. The first-order chi connectivity index (χ1) is 9.90. The molecule has 1 saturated heterocycles. The second-order valence-electron chi connectivity index (χ2n) is 4.88. The van der Waals surface area contributed by atoms with E-state index in [4.69, 9.17) is 4.98 Å². The summed E-state index contributed by atoms with van der Waals surface area (Å²) in [5.74, 6) is 1.11. The van der Waals surface area contributed by atoms with Crippen molar-refractivity contribution >= 4 is 32.5 Å². The number of hydrogen-bond acceptors (Lipinski definition) is 5. The van der Waals surface area contributed by atoms with Crippen LogP contribution in [0.2, 0.25) is 0 Å². The van der Waals surface area contributed by atoms with Crippen molar-refractivity contribution in [2.24, 2.45) is 0 Å². The maximum Gasteiger partial charge on any atom is 0.186 e. The summed E-state index contributed by atoms with van der Waals surface area (Å²) < 4.78 is 1.26. The van der Waals surface area contributed by atoms with Crippen LogP contribution in [0.1, 0.15) is 0 Å². The lowest BCUT2D eigenvalue weighted by Gasteiger charge is -2.34. The third-order valence-corrected chi connectivity index (χ3v) is 4.75. The summed E-state index contributed by atoms with van der Waals surface area (Å²) in [5, 5.41) is 1.13. The van der Waals surface area contributed by atoms with Crippen LogP contribution < -0.4 is 9.80 Å². The minimum atomic E-state index is 0.998. The molecular formula is C14H15N5S. The average Bonchev–Trinajstić information content (AvgIpc) is 3.17. The molecule has 0 aliphatic carbocycles. The van der Waals surface area contributed by atoms with E-state index in [2.05, 4.69) is 38.0 Å². The first kappa shape index (κ1) is 11.7. The van der Waals surface area contributed by atoms with Crippen molar-refractivity contribution in [3.8, 4) is 0 Å². The van der Waals surface area contributed by atoms with Gasteiger partial charge in [0, 0.05) is 26.2 Å². The predicted molar refractivity (Wildman–Crippen MR) is 82.6 cm³/mol. The van der Waals surface area contributed by atoms with Gasteiger partial charge in [0.1, 0.15) is 5.82 Å². The Morgan fingerprint density at radius 2 is 1.85 bits per heavy atom. The van der Waals surface area contributed by atoms with E-state index in [1.807, 2.05) is 12.3 Å². The van der Waals surface area contributed by atoms with Crippen LogP contribution in [-0.4, -0.2) is 41.1 Å². The molecule has 3 aromatic rings. The first-order valence-electron chi connectivity index (χ1n) is 6.74. The van der Waals surface area contributed by atoms with Gasteiger partial charge in [-0.25, -0.2) is 9.97 Å². The van der Waals surface area contributed by atoms with E-state index in [1.54, 1.807) is 17.7 Å². The number of fused-ring (bicyclic) bond motifs is 1. The molecule has 6 heteroatoms. The van der Waals surface area contributed by atoms with Gasteiger partial charge in [0.2, 0.25) is 0 Å². The van der Waals surface area contributed by atoms with Crippen LogP contribution >= 0.6 is 11.3 Å². The second-order valence-corrected chi connectivity index (χ2v) is 5.88. The number of piperazine rings is 1. The number of hydrogen-bond donors (Lipinski definition) is 1. The number of aromatic amines is 1. The Morgan fingerprint density at radius 1 is 1.05 bits per heavy atom. The number of H-pyrrole nitrogens is 1. The summed E-state index contributed by atoms with van der Waals surface area (Å²) in [4.78, 5) is 16.7. The molecule has 0 amide bonds. The Kier molecular flexibility index (Phi) is 2.81. The third kappa shape index (κ3) is 2.02. The predicted octanol–water partition coefficient (Wildman–Crippen LogP) is 2.35. The number of benzene rings is 1. The number of aromatic nitrogens is 3. The van der Waals surface area contributed by atoms with Gasteiger partial charge < -0.3 is 14.8 Å². The molecule has 2 aromatic heterocycles. The van der Waals surface area contributed by atoms with Gasteiger partial charge in [-0.3, -0.25) is 0 Å². The normalized spacial score (nSPS) is 16.0. The van der Waals surface area contributed by atoms with Gasteiger partial charge >= 0.3 is 0 Å². The minimum Gasteiger partial charge on any atom is -0.353 e. The molecule has 20 heavy (non-hydrogen) atoms. The fourth-order valence-electron chi connectivity index (χ4n) is 2.56. The summed E-state index contributed by atoms with van der Waals surface area (Å²) in [7, 11) is 0. The summed E-state index contributed by atoms with van der Waals surface area (Å²) >= 11 is 1.78. The Morgan fingerprint density at radius 3 is 2.60 bits per heavy atom. The van der Waals surface area contributed by atoms with Gasteiger partial charge in [-0.2, -0.15) is 0 Å². The summed E-state index contributed by atoms with van der Waals surface area (Å²) in [6.07, 6.45) is 3.61. The zero-order valence-corrected chi connectivity index (χ0v) is 11.8. The molecule has 1 aliphatic rings. The monoisotopic (exact) mass is 285 g/mol. The van der Waals surface area contributed by atoms with Gasteiger partial charge in [0.25, 0.3) is 0 Å². The summed E-state index contributed by atoms with van der Waals surface area (Å²) in [6.45, 7) is 3.99. The molecule has 0 unspecified atom stereocenters. The number of para-hydroxylation sites is 1. The van der Waals surface area contributed by atoms with E-state index in [9.17, 15) is 0 Å². The summed E-state index contributed by atoms with van der Waals surface area (Å²) in [6, 6.07) is 8.33. The highest BCUT2D eigenvalue weighted by molar-refractivity contribution is 7.22. The molecule has 4 rings (SSSR count). The van der Waals surface area contributed by atoms with Crippen LogP contribution in [0, 0.1) is 0 Å². The number of imidazole rings is 1. The highest BCUT2D eigenvalue weighted by Gasteiger charge is 2.20. The number of thiazole rings is 1. The molecule has 3 heterocycles. The first-order valence-corrected chi connectivity index (χ1v) is 7.56. The van der Waals surface area contributed by atoms with Gasteiger partial charge in [-0.1, -0.05) is 23.5 Å². The maximum absolute atomic E-state index is 4.73. The quantitative estimate of drug-likeness (QED) is 0.785. The molecule has 0 bridgehead atoms. The fraction of sp³-hybridized carbons (Fsp3) is 0.286. The van der Waals surface area contributed by atoms with Gasteiger partial charge in [-0.05, 0) is 12.1 Å². The fourth-order valence-corrected chi connectivity index (χ4v) is 3.57. The molecule has 0 saturated carbocycles. The summed E-state index contributed by atoms with van der Waals surface area (Å²) in [5.41, 5.74) is 1.10. The minimum absolute atomic E-state index is 0.998. The molecule has 102 valence electrons. The molecule has 1 N–H and O–H groups in total. The van der Waals surface area contributed by atoms with Crippen molar-refractivity contribution in [2.75, 3.05) is 36.0 Å². The van der Waals surface area contributed by atoms with E-state index in [1.165, 1.54) is 4.70 Å². The van der Waals surface area contributed by atoms with Crippen molar-refractivity contribution in [1.82, 2.24) is 15.0 Å². The zero-order chi connectivity index (χ0) is 13.4. The van der Waals surface area contributed by atoms with Crippen LogP contribution in [-0.2, 0) is 0 Å². The van der Waals surface area contributed by atoms with Crippen LogP contribution in [0.4, 0.5) is 10.9 Å². The molecule has 5 nitrogen and oxygen atoms in total. The highest BCUT2D eigenvalue weighted by atomic mass is 32.1. The van der Waals surface area contributed by atoms with Crippen molar-refractivity contribution < 1.29 is 0 Å². The Bertz CT molecular complexity index is 664. The lowest BCUT2D eigenvalue weighted by molar-refractivity contribution is 0.647. The number of rotatable bonds is 2. The van der Waals surface area contributed by atoms with Crippen LogP contribution in [0.15, 0.2) is 36.8 Å². The number of nitrogens with one attached hydrogen (secondary N) is 1. The van der Waals surface area contributed by atoms with Crippen molar-refractivity contribution in [1.29, 1.82) is 0 Å². The Labute approximate surface area is 120 Å². The molecule has 0 radical (unpaired) electrons. The van der Waals surface area contributed by atoms with E-state index < -0.39 is 0 Å². The topological polar surface area (TPSA) is 48.0 Å².